The number of halogens is 1. The van der Waals surface area contributed by atoms with Crippen molar-refractivity contribution in [2.45, 2.75) is 70.4 Å². The van der Waals surface area contributed by atoms with Crippen molar-refractivity contribution >= 4 is 29.2 Å². The van der Waals surface area contributed by atoms with E-state index in [1.807, 2.05) is 31.2 Å². The number of aryl methyl sites for hydroxylation is 1. The molecule has 1 saturated carbocycles. The highest BCUT2D eigenvalue weighted by molar-refractivity contribution is 6.01. The summed E-state index contributed by atoms with van der Waals surface area (Å²) in [5.74, 6) is -1.21. The average Bonchev–Trinajstić information content (AvgIpc) is 2.94. The van der Waals surface area contributed by atoms with Gasteiger partial charge in [0, 0.05) is 25.1 Å². The Kier molecular flexibility index (Phi) is 9.78. The van der Waals surface area contributed by atoms with Gasteiger partial charge in [-0.25, -0.2) is 9.37 Å². The molecule has 4 rings (SSSR count). The third-order valence-corrected chi connectivity index (χ3v) is 6.96. The van der Waals surface area contributed by atoms with Gasteiger partial charge < -0.3 is 10.6 Å². The molecule has 39 heavy (non-hydrogen) atoms. The number of aromatic nitrogens is 1. The van der Waals surface area contributed by atoms with Gasteiger partial charge in [0.1, 0.15) is 17.7 Å². The maximum absolute atomic E-state index is 15.2. The third-order valence-electron chi connectivity index (χ3n) is 6.96. The predicted octanol–water partition coefficient (Wildman–Crippen LogP) is 5.86. The van der Waals surface area contributed by atoms with Crippen LogP contribution in [0.15, 0.2) is 72.9 Å². The first-order valence-corrected chi connectivity index (χ1v) is 13.6. The number of hydrogen-bond acceptors (Lipinski definition) is 4. The van der Waals surface area contributed by atoms with Crippen molar-refractivity contribution in [2.75, 3.05) is 10.2 Å². The summed E-state index contributed by atoms with van der Waals surface area (Å²) in [5, 5.41) is 5.84. The zero-order valence-corrected chi connectivity index (χ0v) is 22.2. The van der Waals surface area contributed by atoms with Gasteiger partial charge in [-0.1, -0.05) is 67.3 Å². The van der Waals surface area contributed by atoms with Gasteiger partial charge in [-0.3, -0.25) is 19.3 Å². The molecular weight excluding hydrogens is 495 g/mol. The van der Waals surface area contributed by atoms with Crippen LogP contribution < -0.4 is 15.5 Å². The van der Waals surface area contributed by atoms with Crippen molar-refractivity contribution in [2.24, 2.45) is 0 Å². The second kappa shape index (κ2) is 13.6. The molecule has 0 saturated heterocycles. The van der Waals surface area contributed by atoms with Crippen LogP contribution >= 0.6 is 0 Å². The van der Waals surface area contributed by atoms with E-state index in [0.29, 0.717) is 11.4 Å². The highest BCUT2D eigenvalue weighted by Crippen LogP contribution is 2.32. The number of pyridine rings is 1. The summed E-state index contributed by atoms with van der Waals surface area (Å²) in [7, 11) is 0. The summed E-state index contributed by atoms with van der Waals surface area (Å²) in [6.45, 7) is 1.94. The zero-order chi connectivity index (χ0) is 27.6. The number of nitrogens with one attached hydrogen (secondary N) is 2. The lowest BCUT2D eigenvalue weighted by Crippen LogP contribution is -2.47. The Bertz CT molecular complexity index is 1260. The van der Waals surface area contributed by atoms with E-state index in [-0.39, 0.29) is 42.8 Å². The predicted molar refractivity (Wildman–Crippen MR) is 150 cm³/mol. The van der Waals surface area contributed by atoms with Gasteiger partial charge in [-0.05, 0) is 56.0 Å². The monoisotopic (exact) mass is 530 g/mol. The molecule has 204 valence electrons. The fraction of sp³-hybridized carbons (Fsp3) is 0.355. The minimum Gasteiger partial charge on any atom is -0.351 e. The summed E-state index contributed by atoms with van der Waals surface area (Å²) in [6, 6.07) is 17.5. The van der Waals surface area contributed by atoms with Gasteiger partial charge in [0.15, 0.2) is 0 Å². The topological polar surface area (TPSA) is 91.4 Å². The van der Waals surface area contributed by atoms with Crippen molar-refractivity contribution in [3.05, 3.63) is 89.9 Å². The van der Waals surface area contributed by atoms with E-state index in [1.165, 1.54) is 17.0 Å². The van der Waals surface area contributed by atoms with Gasteiger partial charge >= 0.3 is 0 Å². The average molecular weight is 531 g/mol. The summed E-state index contributed by atoms with van der Waals surface area (Å²) in [4.78, 5) is 45.3. The van der Waals surface area contributed by atoms with E-state index < -0.39 is 17.8 Å². The molecule has 0 aliphatic heterocycles. The van der Waals surface area contributed by atoms with Crippen LogP contribution in [0.2, 0.25) is 0 Å². The number of nitrogens with zero attached hydrogens (tertiary/aromatic N) is 2. The van der Waals surface area contributed by atoms with Gasteiger partial charge in [0.25, 0.3) is 0 Å². The zero-order valence-electron chi connectivity index (χ0n) is 22.2. The van der Waals surface area contributed by atoms with Crippen LogP contribution in [0.1, 0.15) is 68.5 Å². The van der Waals surface area contributed by atoms with E-state index in [0.717, 1.165) is 37.7 Å². The highest BCUT2D eigenvalue weighted by atomic mass is 19.1. The molecule has 0 bridgehead atoms. The van der Waals surface area contributed by atoms with Gasteiger partial charge in [-0.15, -0.1) is 0 Å². The molecule has 0 radical (unpaired) electrons. The fourth-order valence-electron chi connectivity index (χ4n) is 4.92. The molecular formula is C31H35FN4O3. The largest absolute Gasteiger partial charge is 0.351 e. The van der Waals surface area contributed by atoms with Crippen LogP contribution in [0.4, 0.5) is 15.9 Å². The fourth-order valence-corrected chi connectivity index (χ4v) is 4.92. The normalized spacial score (nSPS) is 14.3. The number of carbonyl (C=O) groups is 3. The number of benzene rings is 2. The number of para-hydroxylation sites is 1. The van der Waals surface area contributed by atoms with Crippen LogP contribution in [0.5, 0.6) is 0 Å². The Morgan fingerprint density at radius 3 is 2.36 bits per heavy atom. The number of anilines is 2. The van der Waals surface area contributed by atoms with Crippen molar-refractivity contribution in [1.82, 2.24) is 10.3 Å². The Labute approximate surface area is 228 Å². The van der Waals surface area contributed by atoms with Crippen LogP contribution in [-0.4, -0.2) is 28.7 Å². The van der Waals surface area contributed by atoms with Crippen LogP contribution in [0, 0.1) is 12.7 Å². The first kappa shape index (κ1) is 28.0. The standard InChI is InChI=1S/C31H35FN4O3/c1-22-17-19-23(20-18-22)30(31(39)34-24-10-3-2-4-11-24)36(26-13-6-5-12-25(26)32)29(38)16-9-15-28(37)35-27-14-7-8-21-33-27/h5-8,12-14,17-21,24,30H,2-4,9-11,15-16H2,1H3,(H,34,39)(H,33,35,37)/t30-/m0/s1. The Balaban J connectivity index is 1.58. The Hall–Kier alpha value is -4.07. The number of rotatable bonds is 10. The maximum atomic E-state index is 15.2. The van der Waals surface area contributed by atoms with Gasteiger partial charge in [-0.2, -0.15) is 0 Å². The minimum absolute atomic E-state index is 0.0204. The van der Waals surface area contributed by atoms with Crippen molar-refractivity contribution < 1.29 is 18.8 Å². The molecule has 2 N–H and O–H groups in total. The second-order valence-corrected chi connectivity index (χ2v) is 9.99. The number of amides is 3. The van der Waals surface area contributed by atoms with Gasteiger partial charge in [0.2, 0.25) is 17.7 Å². The molecule has 8 heteroatoms. The van der Waals surface area contributed by atoms with E-state index in [9.17, 15) is 14.4 Å². The van der Waals surface area contributed by atoms with E-state index in [2.05, 4.69) is 15.6 Å². The van der Waals surface area contributed by atoms with Crippen molar-refractivity contribution in [1.29, 1.82) is 0 Å². The molecule has 1 heterocycles. The first-order valence-electron chi connectivity index (χ1n) is 13.6. The Morgan fingerprint density at radius 1 is 0.949 bits per heavy atom. The Morgan fingerprint density at radius 2 is 1.67 bits per heavy atom. The van der Waals surface area contributed by atoms with E-state index in [1.54, 1.807) is 36.5 Å². The van der Waals surface area contributed by atoms with E-state index in [4.69, 9.17) is 0 Å². The lowest BCUT2D eigenvalue weighted by molar-refractivity contribution is -0.127. The molecule has 0 spiro atoms. The minimum atomic E-state index is -1.06. The molecule has 0 unspecified atom stereocenters. The SMILES string of the molecule is Cc1ccc([C@@H](C(=O)NC2CCCCC2)N(C(=O)CCCC(=O)Nc2ccccn2)c2ccccc2F)cc1. The molecule has 1 aromatic heterocycles. The molecule has 3 amide bonds. The molecule has 3 aromatic rings. The summed E-state index contributed by atoms with van der Waals surface area (Å²) >= 11 is 0. The molecule has 1 aliphatic rings. The lowest BCUT2D eigenvalue weighted by Gasteiger charge is -2.33. The number of carbonyl (C=O) groups excluding carboxylic acids is 3. The van der Waals surface area contributed by atoms with Crippen molar-refractivity contribution in [3.8, 4) is 0 Å². The van der Waals surface area contributed by atoms with Crippen molar-refractivity contribution in [3.63, 3.8) is 0 Å². The van der Waals surface area contributed by atoms with Crippen LogP contribution in [0.3, 0.4) is 0 Å². The second-order valence-electron chi connectivity index (χ2n) is 9.99. The van der Waals surface area contributed by atoms with Crippen LogP contribution in [0.25, 0.3) is 0 Å². The number of hydrogen-bond donors (Lipinski definition) is 2. The summed E-state index contributed by atoms with van der Waals surface area (Å²) in [6.07, 6.45) is 6.83. The molecule has 1 aliphatic carbocycles. The van der Waals surface area contributed by atoms with Crippen LogP contribution in [-0.2, 0) is 14.4 Å². The summed E-state index contributed by atoms with van der Waals surface area (Å²) < 4.78 is 15.2. The first-order chi connectivity index (χ1) is 18.9. The maximum Gasteiger partial charge on any atom is 0.248 e. The van der Waals surface area contributed by atoms with E-state index >= 15 is 4.39 Å². The van der Waals surface area contributed by atoms with Gasteiger partial charge in [0.05, 0.1) is 5.69 Å². The molecule has 1 atom stereocenters. The molecule has 7 nitrogen and oxygen atoms in total. The summed E-state index contributed by atoms with van der Waals surface area (Å²) in [5.41, 5.74) is 1.64. The molecule has 1 fully saturated rings. The molecule has 2 aromatic carbocycles. The quantitative estimate of drug-likeness (QED) is 0.343. The third kappa shape index (κ3) is 7.72. The smallest absolute Gasteiger partial charge is 0.248 e. The lowest BCUT2D eigenvalue weighted by atomic mass is 9.94. The highest BCUT2D eigenvalue weighted by Gasteiger charge is 2.35.